The number of nitrogens with zero attached hydrogens (tertiary/aromatic N) is 1. The van der Waals surface area contributed by atoms with Crippen molar-refractivity contribution in [2.45, 2.75) is 38.2 Å². The van der Waals surface area contributed by atoms with Crippen LogP contribution in [-0.2, 0) is 14.3 Å². The Morgan fingerprint density at radius 1 is 1.26 bits per heavy atom. The minimum atomic E-state index is -0.431. The number of hydrogen-bond acceptors (Lipinski definition) is 6. The van der Waals surface area contributed by atoms with Crippen molar-refractivity contribution >= 4 is 17.5 Å². The lowest BCUT2D eigenvalue weighted by Gasteiger charge is -2.37. The van der Waals surface area contributed by atoms with Gasteiger partial charge in [0.05, 0.1) is 31.9 Å². The monoisotopic (exact) mass is 432 g/mol. The fourth-order valence-electron chi connectivity index (χ4n) is 5.32. The molecule has 1 saturated carbocycles. The Bertz CT molecular complexity index is 822. The highest BCUT2D eigenvalue weighted by molar-refractivity contribution is 6.01. The Morgan fingerprint density at radius 2 is 2.03 bits per heavy atom. The van der Waals surface area contributed by atoms with Gasteiger partial charge in [-0.2, -0.15) is 0 Å². The third kappa shape index (κ3) is 4.23. The number of amides is 2. The van der Waals surface area contributed by atoms with E-state index in [1.165, 1.54) is 0 Å². The van der Waals surface area contributed by atoms with Crippen LogP contribution in [0.2, 0.25) is 0 Å². The third-order valence-electron chi connectivity index (χ3n) is 7.29. The van der Waals surface area contributed by atoms with Gasteiger partial charge in [0.1, 0.15) is 11.5 Å². The molecule has 2 amide bonds. The summed E-state index contributed by atoms with van der Waals surface area (Å²) in [6, 6.07) is 5.27. The summed E-state index contributed by atoms with van der Waals surface area (Å²) in [5, 5.41) is 13.9. The van der Waals surface area contributed by atoms with E-state index >= 15 is 0 Å². The number of ether oxygens (including phenoxy) is 3. The van der Waals surface area contributed by atoms with Crippen molar-refractivity contribution in [1.29, 1.82) is 0 Å². The maximum absolute atomic E-state index is 12.8. The smallest absolute Gasteiger partial charge is 0.227 e. The number of methoxy groups -OCH3 is 2. The summed E-state index contributed by atoms with van der Waals surface area (Å²) in [5.41, 5.74) is 0.547. The molecule has 2 aliphatic heterocycles. The summed E-state index contributed by atoms with van der Waals surface area (Å²) in [5.74, 6) is 0.541. The molecule has 31 heavy (non-hydrogen) atoms. The van der Waals surface area contributed by atoms with Crippen LogP contribution in [0, 0.1) is 17.3 Å². The second-order valence-electron chi connectivity index (χ2n) is 8.91. The van der Waals surface area contributed by atoms with Crippen LogP contribution in [0.1, 0.15) is 32.1 Å². The molecule has 1 aromatic carbocycles. The van der Waals surface area contributed by atoms with E-state index in [0.29, 0.717) is 43.5 Å². The van der Waals surface area contributed by atoms with Crippen LogP contribution >= 0.6 is 0 Å². The van der Waals surface area contributed by atoms with Crippen LogP contribution in [0.15, 0.2) is 18.2 Å². The molecule has 8 heteroatoms. The maximum atomic E-state index is 12.8. The summed E-state index contributed by atoms with van der Waals surface area (Å²) in [4.78, 5) is 27.1. The minimum Gasteiger partial charge on any atom is -0.497 e. The van der Waals surface area contributed by atoms with Gasteiger partial charge in [0.15, 0.2) is 0 Å². The topological polar surface area (TPSA) is 97.3 Å². The van der Waals surface area contributed by atoms with Crippen LogP contribution in [-0.4, -0.2) is 63.5 Å². The highest BCUT2D eigenvalue weighted by Crippen LogP contribution is 2.48. The number of carbonyl (C=O) groups is 2. The van der Waals surface area contributed by atoms with E-state index in [9.17, 15) is 14.7 Å². The SMILES string of the molecule is COc1ccc(OC)c(N2C[C@H](C(=O)NC[C@@H]3CCC4(CCOCC4)[C@H]3O)CC2=O)c1. The fourth-order valence-corrected chi connectivity index (χ4v) is 5.32. The van der Waals surface area contributed by atoms with Crippen molar-refractivity contribution in [1.82, 2.24) is 5.32 Å². The van der Waals surface area contributed by atoms with Crippen molar-refractivity contribution in [3.05, 3.63) is 18.2 Å². The second-order valence-corrected chi connectivity index (χ2v) is 8.91. The molecule has 1 aliphatic carbocycles. The number of carbonyl (C=O) groups excluding carboxylic acids is 2. The van der Waals surface area contributed by atoms with E-state index in [1.54, 1.807) is 37.3 Å². The third-order valence-corrected chi connectivity index (χ3v) is 7.29. The summed E-state index contributed by atoms with van der Waals surface area (Å²) in [6.45, 7) is 2.13. The van der Waals surface area contributed by atoms with Crippen molar-refractivity contribution in [2.75, 3.05) is 45.4 Å². The van der Waals surface area contributed by atoms with Gasteiger partial charge < -0.3 is 29.5 Å². The van der Waals surface area contributed by atoms with Crippen molar-refractivity contribution < 1.29 is 28.9 Å². The first-order valence-corrected chi connectivity index (χ1v) is 11.0. The molecule has 0 bridgehead atoms. The van der Waals surface area contributed by atoms with E-state index in [4.69, 9.17) is 14.2 Å². The zero-order chi connectivity index (χ0) is 22.0. The molecule has 1 spiro atoms. The lowest BCUT2D eigenvalue weighted by Crippen LogP contribution is -2.43. The van der Waals surface area contributed by atoms with Gasteiger partial charge in [-0.3, -0.25) is 9.59 Å². The second kappa shape index (κ2) is 9.04. The molecule has 1 aromatic rings. The predicted octanol–water partition coefficient (Wildman–Crippen LogP) is 1.74. The quantitative estimate of drug-likeness (QED) is 0.711. The zero-order valence-electron chi connectivity index (χ0n) is 18.3. The van der Waals surface area contributed by atoms with E-state index in [-0.39, 0.29) is 29.6 Å². The van der Waals surface area contributed by atoms with Gasteiger partial charge in [0.2, 0.25) is 11.8 Å². The molecule has 2 N–H and O–H groups in total. The maximum Gasteiger partial charge on any atom is 0.227 e. The van der Waals surface area contributed by atoms with E-state index < -0.39 is 12.0 Å². The molecule has 8 nitrogen and oxygen atoms in total. The molecular weight excluding hydrogens is 400 g/mol. The van der Waals surface area contributed by atoms with Crippen LogP contribution in [0.25, 0.3) is 0 Å². The highest BCUT2D eigenvalue weighted by Gasteiger charge is 2.48. The summed E-state index contributed by atoms with van der Waals surface area (Å²) < 4.78 is 16.1. The molecule has 2 heterocycles. The van der Waals surface area contributed by atoms with Crippen LogP contribution in [0.5, 0.6) is 11.5 Å². The molecule has 3 aliphatic rings. The number of nitrogens with one attached hydrogen (secondary N) is 1. The molecule has 170 valence electrons. The summed E-state index contributed by atoms with van der Waals surface area (Å²) in [7, 11) is 3.11. The van der Waals surface area contributed by atoms with Crippen LogP contribution in [0.3, 0.4) is 0 Å². The number of benzene rings is 1. The number of rotatable bonds is 6. The van der Waals surface area contributed by atoms with Crippen LogP contribution in [0.4, 0.5) is 5.69 Å². The molecule has 3 atom stereocenters. The molecule has 0 radical (unpaired) electrons. The number of aliphatic hydroxyl groups excluding tert-OH is 1. The predicted molar refractivity (Wildman–Crippen MR) is 114 cm³/mol. The fraction of sp³-hybridized carbons (Fsp3) is 0.652. The standard InChI is InChI=1S/C23H32N2O6/c1-29-17-3-4-19(30-2)18(12-17)25-14-16(11-20(25)26)22(28)24-13-15-5-6-23(21(15)27)7-9-31-10-8-23/h3-4,12,15-16,21,27H,5-11,13-14H2,1-2H3,(H,24,28)/t15-,16+,21-/m0/s1. The van der Waals surface area contributed by atoms with Gasteiger partial charge in [-0.1, -0.05) is 0 Å². The number of anilines is 1. The van der Waals surface area contributed by atoms with E-state index in [1.807, 2.05) is 0 Å². The van der Waals surface area contributed by atoms with Gasteiger partial charge in [0.25, 0.3) is 0 Å². The van der Waals surface area contributed by atoms with Gasteiger partial charge in [-0.05, 0) is 37.8 Å². The van der Waals surface area contributed by atoms with E-state index in [0.717, 1.165) is 25.7 Å². The van der Waals surface area contributed by atoms with Crippen molar-refractivity contribution in [3.8, 4) is 11.5 Å². The van der Waals surface area contributed by atoms with Gasteiger partial charge >= 0.3 is 0 Å². The first-order chi connectivity index (χ1) is 15.0. The van der Waals surface area contributed by atoms with Gasteiger partial charge in [-0.25, -0.2) is 0 Å². The Morgan fingerprint density at radius 3 is 2.74 bits per heavy atom. The Labute approximate surface area is 182 Å². The number of hydrogen-bond donors (Lipinski definition) is 2. The largest absolute Gasteiger partial charge is 0.497 e. The molecule has 0 unspecified atom stereocenters. The van der Waals surface area contributed by atoms with Crippen LogP contribution < -0.4 is 19.7 Å². The molecule has 0 aromatic heterocycles. The number of aliphatic hydroxyl groups is 1. The lowest BCUT2D eigenvalue weighted by molar-refractivity contribution is -0.126. The normalized spacial score (nSPS) is 27.5. The average molecular weight is 433 g/mol. The Kier molecular flexibility index (Phi) is 6.39. The summed E-state index contributed by atoms with van der Waals surface area (Å²) >= 11 is 0. The molecule has 2 saturated heterocycles. The Balaban J connectivity index is 1.36. The first kappa shape index (κ1) is 21.9. The van der Waals surface area contributed by atoms with Gasteiger partial charge in [0, 0.05) is 50.1 Å². The molecular formula is C23H32N2O6. The van der Waals surface area contributed by atoms with E-state index in [2.05, 4.69) is 5.32 Å². The summed E-state index contributed by atoms with van der Waals surface area (Å²) in [6.07, 6.45) is 3.38. The van der Waals surface area contributed by atoms with Gasteiger partial charge in [-0.15, -0.1) is 0 Å². The van der Waals surface area contributed by atoms with Crippen molar-refractivity contribution in [3.63, 3.8) is 0 Å². The zero-order valence-corrected chi connectivity index (χ0v) is 18.3. The Hall–Kier alpha value is -2.32. The molecule has 4 rings (SSSR count). The first-order valence-electron chi connectivity index (χ1n) is 11.0. The minimum absolute atomic E-state index is 0.0498. The molecule has 3 fully saturated rings. The van der Waals surface area contributed by atoms with Crippen molar-refractivity contribution in [2.24, 2.45) is 17.3 Å². The highest BCUT2D eigenvalue weighted by atomic mass is 16.5. The average Bonchev–Trinajstić information content (AvgIpc) is 3.32. The lowest BCUT2D eigenvalue weighted by atomic mass is 9.76.